The van der Waals surface area contributed by atoms with Crippen molar-refractivity contribution in [3.63, 3.8) is 0 Å². The first-order valence-electron chi connectivity index (χ1n) is 6.53. The Bertz CT molecular complexity index is 716. The summed E-state index contributed by atoms with van der Waals surface area (Å²) in [6.45, 7) is 5.83. The number of hydrogen-bond donors (Lipinski definition) is 2. The van der Waals surface area contributed by atoms with Gasteiger partial charge in [-0.15, -0.1) is 0 Å². The van der Waals surface area contributed by atoms with Crippen LogP contribution in [0, 0.1) is 11.7 Å². The van der Waals surface area contributed by atoms with Crippen LogP contribution in [-0.2, 0) is 6.42 Å². The molecule has 20 heavy (non-hydrogen) atoms. The minimum Gasteiger partial charge on any atom is -0.491 e. The molecular formula is C15H18N2O2S. The second-order valence-corrected chi connectivity index (χ2v) is 5.41. The molecule has 2 rings (SSSR count). The second-order valence-electron chi connectivity index (χ2n) is 5.00. The molecule has 0 aliphatic rings. The van der Waals surface area contributed by atoms with Gasteiger partial charge in [-0.1, -0.05) is 12.1 Å². The van der Waals surface area contributed by atoms with Crippen LogP contribution in [0.15, 0.2) is 29.1 Å². The van der Waals surface area contributed by atoms with E-state index in [4.69, 9.17) is 17.0 Å². The van der Waals surface area contributed by atoms with E-state index in [0.29, 0.717) is 16.8 Å². The quantitative estimate of drug-likeness (QED) is 0.851. The lowest BCUT2D eigenvalue weighted by Crippen LogP contribution is -2.16. The molecule has 0 saturated carbocycles. The van der Waals surface area contributed by atoms with Crippen LogP contribution in [0.4, 0.5) is 0 Å². The molecule has 5 heteroatoms. The second kappa shape index (κ2) is 6.05. The fourth-order valence-electron chi connectivity index (χ4n) is 2.04. The van der Waals surface area contributed by atoms with E-state index in [1.807, 2.05) is 45.0 Å². The summed E-state index contributed by atoms with van der Waals surface area (Å²) >= 11 is 4.95. The van der Waals surface area contributed by atoms with Crippen LogP contribution < -0.4 is 10.3 Å². The molecule has 0 bridgehead atoms. The molecule has 2 aromatic rings. The number of rotatable bonds is 4. The molecule has 2 N–H and O–H groups in total. The zero-order valence-corrected chi connectivity index (χ0v) is 12.6. The van der Waals surface area contributed by atoms with Crippen molar-refractivity contribution in [3.05, 3.63) is 56.2 Å². The van der Waals surface area contributed by atoms with Gasteiger partial charge in [0.15, 0.2) is 4.77 Å². The van der Waals surface area contributed by atoms with Crippen LogP contribution in [0.5, 0.6) is 5.75 Å². The number of benzene rings is 1. The number of aryl methyl sites for hydroxylation is 1. The summed E-state index contributed by atoms with van der Waals surface area (Å²) in [4.78, 5) is 17.5. The first-order chi connectivity index (χ1) is 9.45. The summed E-state index contributed by atoms with van der Waals surface area (Å²) in [6, 6.07) is 7.79. The molecule has 4 nitrogen and oxygen atoms in total. The van der Waals surface area contributed by atoms with Gasteiger partial charge in [0.25, 0.3) is 5.56 Å². The molecule has 0 radical (unpaired) electrons. The van der Waals surface area contributed by atoms with Gasteiger partial charge >= 0.3 is 0 Å². The van der Waals surface area contributed by atoms with Crippen molar-refractivity contribution in [1.29, 1.82) is 0 Å². The first kappa shape index (κ1) is 14.5. The average Bonchev–Trinajstić information content (AvgIpc) is 2.33. The van der Waals surface area contributed by atoms with Crippen molar-refractivity contribution < 1.29 is 4.74 Å². The van der Waals surface area contributed by atoms with E-state index in [-0.39, 0.29) is 11.7 Å². The zero-order chi connectivity index (χ0) is 14.7. The minimum atomic E-state index is -0.138. The van der Waals surface area contributed by atoms with Crippen molar-refractivity contribution in [1.82, 2.24) is 9.97 Å². The summed E-state index contributed by atoms with van der Waals surface area (Å²) in [6.07, 6.45) is 0.672. The molecule has 1 heterocycles. The van der Waals surface area contributed by atoms with Gasteiger partial charge in [-0.25, -0.2) is 0 Å². The number of nitrogens with one attached hydrogen (secondary N) is 2. The molecule has 1 aromatic heterocycles. The van der Waals surface area contributed by atoms with Gasteiger partial charge in [-0.3, -0.25) is 9.78 Å². The maximum atomic E-state index is 12.0. The first-order valence-corrected chi connectivity index (χ1v) is 6.94. The van der Waals surface area contributed by atoms with Gasteiger partial charge in [0, 0.05) is 17.7 Å². The fourth-order valence-corrected chi connectivity index (χ4v) is 2.29. The Labute approximate surface area is 122 Å². The Kier molecular flexibility index (Phi) is 4.39. The SMILES string of the molecule is Cc1[nH]c(=S)[nH]c(=O)c1Cc1cccc(OC(C)C)c1. The fraction of sp³-hybridized carbons (Fsp3) is 0.333. The lowest BCUT2D eigenvalue weighted by Gasteiger charge is -2.11. The van der Waals surface area contributed by atoms with E-state index in [2.05, 4.69) is 9.97 Å². The van der Waals surface area contributed by atoms with Crippen LogP contribution in [0.1, 0.15) is 30.7 Å². The predicted octanol–water partition coefficient (Wildman–Crippen LogP) is 3.12. The number of ether oxygens (including phenoxy) is 1. The molecule has 0 saturated heterocycles. The van der Waals surface area contributed by atoms with E-state index in [1.165, 1.54) is 0 Å². The Hall–Kier alpha value is -1.88. The number of hydrogen-bond acceptors (Lipinski definition) is 3. The van der Waals surface area contributed by atoms with E-state index in [0.717, 1.165) is 17.0 Å². The van der Waals surface area contributed by atoms with Crippen LogP contribution in [-0.4, -0.2) is 16.1 Å². The van der Waals surface area contributed by atoms with Gasteiger partial charge in [0.2, 0.25) is 0 Å². The monoisotopic (exact) mass is 290 g/mol. The summed E-state index contributed by atoms with van der Waals surface area (Å²) in [5.41, 5.74) is 2.39. The Morgan fingerprint density at radius 1 is 1.30 bits per heavy atom. The van der Waals surface area contributed by atoms with E-state index in [1.54, 1.807) is 0 Å². The molecule has 0 spiro atoms. The molecule has 1 aromatic carbocycles. The van der Waals surface area contributed by atoms with Crippen molar-refractivity contribution in [2.75, 3.05) is 0 Å². The van der Waals surface area contributed by atoms with Gasteiger partial charge < -0.3 is 9.72 Å². The van der Waals surface area contributed by atoms with Gasteiger partial charge in [0.1, 0.15) is 5.75 Å². The van der Waals surface area contributed by atoms with E-state index >= 15 is 0 Å². The molecule has 0 aliphatic carbocycles. The molecule has 106 valence electrons. The Morgan fingerprint density at radius 2 is 2.05 bits per heavy atom. The lowest BCUT2D eigenvalue weighted by atomic mass is 10.0. The highest BCUT2D eigenvalue weighted by Gasteiger charge is 2.07. The third kappa shape index (κ3) is 3.57. The molecule has 0 amide bonds. The molecule has 0 unspecified atom stereocenters. The van der Waals surface area contributed by atoms with Crippen molar-refractivity contribution >= 4 is 12.2 Å². The highest BCUT2D eigenvalue weighted by atomic mass is 32.1. The Morgan fingerprint density at radius 3 is 2.70 bits per heavy atom. The third-order valence-electron chi connectivity index (χ3n) is 2.91. The van der Waals surface area contributed by atoms with Crippen molar-refractivity contribution in [3.8, 4) is 5.75 Å². The highest BCUT2D eigenvalue weighted by molar-refractivity contribution is 7.71. The number of aromatic nitrogens is 2. The number of H-pyrrole nitrogens is 2. The standard InChI is InChI=1S/C15H18N2O2S/c1-9(2)19-12-6-4-5-11(7-12)8-13-10(3)16-15(20)17-14(13)18/h4-7,9H,8H2,1-3H3,(H2,16,17,18,20). The number of aromatic amines is 2. The minimum absolute atomic E-state index is 0.128. The largest absolute Gasteiger partial charge is 0.491 e. The topological polar surface area (TPSA) is 57.9 Å². The van der Waals surface area contributed by atoms with Crippen LogP contribution in [0.3, 0.4) is 0 Å². The Balaban J connectivity index is 2.31. The summed E-state index contributed by atoms with van der Waals surface area (Å²) < 4.78 is 6.02. The summed E-state index contributed by atoms with van der Waals surface area (Å²) in [7, 11) is 0. The maximum absolute atomic E-state index is 12.0. The zero-order valence-electron chi connectivity index (χ0n) is 11.8. The van der Waals surface area contributed by atoms with E-state index < -0.39 is 0 Å². The van der Waals surface area contributed by atoms with Crippen molar-refractivity contribution in [2.45, 2.75) is 33.3 Å². The summed E-state index contributed by atoms with van der Waals surface area (Å²) in [5, 5.41) is 0. The molecule has 0 atom stereocenters. The van der Waals surface area contributed by atoms with Gasteiger partial charge in [0.05, 0.1) is 6.10 Å². The average molecular weight is 290 g/mol. The summed E-state index contributed by atoms with van der Waals surface area (Å²) in [5.74, 6) is 0.815. The lowest BCUT2D eigenvalue weighted by molar-refractivity contribution is 0.242. The molecular weight excluding hydrogens is 272 g/mol. The maximum Gasteiger partial charge on any atom is 0.255 e. The molecule has 0 fully saturated rings. The smallest absolute Gasteiger partial charge is 0.255 e. The van der Waals surface area contributed by atoms with Crippen LogP contribution in [0.25, 0.3) is 0 Å². The highest BCUT2D eigenvalue weighted by Crippen LogP contribution is 2.17. The van der Waals surface area contributed by atoms with E-state index in [9.17, 15) is 4.79 Å². The van der Waals surface area contributed by atoms with Crippen LogP contribution >= 0.6 is 12.2 Å². The van der Waals surface area contributed by atoms with Crippen molar-refractivity contribution in [2.24, 2.45) is 0 Å². The predicted molar refractivity (Wildman–Crippen MR) is 82.0 cm³/mol. The van der Waals surface area contributed by atoms with Crippen LogP contribution in [0.2, 0.25) is 0 Å². The molecule has 0 aliphatic heterocycles. The normalized spacial score (nSPS) is 10.8. The third-order valence-corrected chi connectivity index (χ3v) is 3.11. The van der Waals surface area contributed by atoms with Gasteiger partial charge in [-0.2, -0.15) is 0 Å². The van der Waals surface area contributed by atoms with Gasteiger partial charge in [-0.05, 0) is 50.7 Å².